The summed E-state index contributed by atoms with van der Waals surface area (Å²) in [4.78, 5) is 24.9. The highest BCUT2D eigenvalue weighted by Crippen LogP contribution is 2.14. The van der Waals surface area contributed by atoms with Crippen molar-refractivity contribution < 1.29 is 13.9 Å². The summed E-state index contributed by atoms with van der Waals surface area (Å²) >= 11 is 0. The van der Waals surface area contributed by atoms with Crippen molar-refractivity contribution in [1.29, 1.82) is 0 Å². The minimum Gasteiger partial charge on any atom is -0.492 e. The van der Waals surface area contributed by atoms with Gasteiger partial charge in [-0.2, -0.15) is 0 Å². The van der Waals surface area contributed by atoms with Gasteiger partial charge >= 0.3 is 0 Å². The van der Waals surface area contributed by atoms with Crippen molar-refractivity contribution in [3.63, 3.8) is 0 Å². The van der Waals surface area contributed by atoms with Crippen molar-refractivity contribution in [3.05, 3.63) is 72.1 Å². The van der Waals surface area contributed by atoms with Crippen LogP contribution in [0.1, 0.15) is 16.1 Å². The first-order valence-corrected chi connectivity index (χ1v) is 8.04. The number of aryl methyl sites for hydroxylation is 1. The maximum absolute atomic E-state index is 12.8. The van der Waals surface area contributed by atoms with Gasteiger partial charge < -0.3 is 10.1 Å². The Morgan fingerprint density at radius 2 is 2.00 bits per heavy atom. The Morgan fingerprint density at radius 1 is 1.19 bits per heavy atom. The fourth-order valence-electron chi connectivity index (χ4n) is 2.28. The monoisotopic (exact) mass is 352 g/mol. The third-order valence-electron chi connectivity index (χ3n) is 3.61. The van der Waals surface area contributed by atoms with Crippen molar-refractivity contribution in [1.82, 2.24) is 20.3 Å². The summed E-state index contributed by atoms with van der Waals surface area (Å²) in [6.45, 7) is 2.33. The predicted octanol–water partition coefficient (Wildman–Crippen LogP) is 2.79. The van der Waals surface area contributed by atoms with Crippen LogP contribution in [0.15, 0.2) is 55.0 Å². The molecule has 0 saturated carbocycles. The van der Waals surface area contributed by atoms with Crippen LogP contribution in [-0.4, -0.2) is 34.0 Å². The molecular weight excluding hydrogens is 335 g/mol. The van der Waals surface area contributed by atoms with E-state index in [1.807, 2.05) is 6.07 Å². The highest BCUT2D eigenvalue weighted by atomic mass is 19.1. The molecule has 1 aromatic carbocycles. The Balaban J connectivity index is 1.55. The van der Waals surface area contributed by atoms with E-state index in [1.165, 1.54) is 30.5 Å². The van der Waals surface area contributed by atoms with Gasteiger partial charge in [-0.15, -0.1) is 0 Å². The Morgan fingerprint density at radius 3 is 2.69 bits per heavy atom. The molecule has 2 aromatic heterocycles. The van der Waals surface area contributed by atoms with E-state index >= 15 is 0 Å². The Hall–Kier alpha value is -3.35. The van der Waals surface area contributed by atoms with E-state index in [2.05, 4.69) is 20.3 Å². The normalized spacial score (nSPS) is 10.4. The molecule has 0 aliphatic heterocycles. The fourth-order valence-corrected chi connectivity index (χ4v) is 2.28. The molecule has 0 saturated heterocycles. The molecule has 132 valence electrons. The summed E-state index contributed by atoms with van der Waals surface area (Å²) in [7, 11) is 0. The number of nitrogens with zero attached hydrogens (tertiary/aromatic N) is 3. The number of halogens is 1. The number of carbonyl (C=O) groups excluding carboxylic acids is 1. The van der Waals surface area contributed by atoms with Crippen molar-refractivity contribution in [2.45, 2.75) is 6.92 Å². The topological polar surface area (TPSA) is 77.0 Å². The molecule has 0 radical (unpaired) electrons. The summed E-state index contributed by atoms with van der Waals surface area (Å²) in [6.07, 6.45) is 4.84. The minimum absolute atomic E-state index is 0.269. The molecule has 0 atom stereocenters. The van der Waals surface area contributed by atoms with Gasteiger partial charge in [0.05, 0.1) is 17.8 Å². The van der Waals surface area contributed by atoms with Crippen LogP contribution in [0.25, 0.3) is 11.4 Å². The first-order chi connectivity index (χ1) is 12.6. The lowest BCUT2D eigenvalue weighted by atomic mass is 10.2. The van der Waals surface area contributed by atoms with Gasteiger partial charge in [-0.1, -0.05) is 0 Å². The van der Waals surface area contributed by atoms with E-state index in [0.29, 0.717) is 29.4 Å². The molecule has 26 heavy (non-hydrogen) atoms. The third kappa shape index (κ3) is 4.38. The number of pyridine rings is 1. The molecule has 0 bridgehead atoms. The van der Waals surface area contributed by atoms with E-state index in [-0.39, 0.29) is 18.3 Å². The average Bonchev–Trinajstić information content (AvgIpc) is 2.67. The zero-order valence-corrected chi connectivity index (χ0v) is 14.1. The summed E-state index contributed by atoms with van der Waals surface area (Å²) in [5.74, 6) is 0.464. The number of nitrogens with one attached hydrogen (secondary N) is 1. The van der Waals surface area contributed by atoms with Gasteiger partial charge in [0.2, 0.25) is 0 Å². The van der Waals surface area contributed by atoms with Crippen LogP contribution >= 0.6 is 0 Å². The van der Waals surface area contributed by atoms with E-state index in [1.54, 1.807) is 25.4 Å². The maximum atomic E-state index is 12.8. The molecule has 0 fully saturated rings. The summed E-state index contributed by atoms with van der Waals surface area (Å²) < 4.78 is 18.3. The van der Waals surface area contributed by atoms with Crippen LogP contribution < -0.4 is 10.1 Å². The van der Waals surface area contributed by atoms with E-state index in [9.17, 15) is 9.18 Å². The minimum atomic E-state index is -0.323. The first-order valence-electron chi connectivity index (χ1n) is 8.04. The smallest absolute Gasteiger partial charge is 0.254 e. The van der Waals surface area contributed by atoms with Gasteiger partial charge in [0.25, 0.3) is 5.91 Å². The van der Waals surface area contributed by atoms with Crippen LogP contribution in [0.3, 0.4) is 0 Å². The Labute approximate surface area is 150 Å². The molecule has 6 nitrogen and oxygen atoms in total. The van der Waals surface area contributed by atoms with Crippen LogP contribution in [0, 0.1) is 12.7 Å². The number of rotatable bonds is 6. The van der Waals surface area contributed by atoms with Gasteiger partial charge in [-0.3, -0.25) is 9.78 Å². The molecule has 0 spiro atoms. The van der Waals surface area contributed by atoms with Crippen molar-refractivity contribution >= 4 is 5.91 Å². The zero-order chi connectivity index (χ0) is 18.4. The lowest BCUT2D eigenvalue weighted by Crippen LogP contribution is -2.29. The van der Waals surface area contributed by atoms with Gasteiger partial charge in [-0.25, -0.2) is 14.4 Å². The number of carbonyl (C=O) groups is 1. The average molecular weight is 352 g/mol. The Bertz CT molecular complexity index is 886. The molecular formula is C19H17FN4O2. The standard InChI is InChI=1S/C19H17FN4O2/c1-13-17(12-23-18(24-13)14-3-2-8-21-11-14)19(25)22-9-10-26-16-6-4-15(20)5-7-16/h2-8,11-12H,9-10H2,1H3,(H,22,25). The molecule has 2 heterocycles. The molecule has 3 aromatic rings. The number of aromatic nitrogens is 3. The lowest BCUT2D eigenvalue weighted by Gasteiger charge is -2.09. The number of ether oxygens (including phenoxy) is 1. The molecule has 0 aliphatic carbocycles. The van der Waals surface area contributed by atoms with Gasteiger partial charge in [0.15, 0.2) is 5.82 Å². The SMILES string of the molecule is Cc1nc(-c2cccnc2)ncc1C(=O)NCCOc1ccc(F)cc1. The Kier molecular flexibility index (Phi) is 5.48. The highest BCUT2D eigenvalue weighted by Gasteiger charge is 2.12. The van der Waals surface area contributed by atoms with E-state index in [0.717, 1.165) is 5.56 Å². The van der Waals surface area contributed by atoms with Gasteiger partial charge in [-0.05, 0) is 43.3 Å². The van der Waals surface area contributed by atoms with Crippen LogP contribution in [0.2, 0.25) is 0 Å². The van der Waals surface area contributed by atoms with Crippen molar-refractivity contribution in [2.75, 3.05) is 13.2 Å². The second kappa shape index (κ2) is 8.15. The van der Waals surface area contributed by atoms with Crippen LogP contribution in [0.4, 0.5) is 4.39 Å². The van der Waals surface area contributed by atoms with E-state index in [4.69, 9.17) is 4.74 Å². The second-order valence-corrected chi connectivity index (χ2v) is 5.49. The van der Waals surface area contributed by atoms with Crippen molar-refractivity contribution in [3.8, 4) is 17.1 Å². The highest BCUT2D eigenvalue weighted by molar-refractivity contribution is 5.95. The molecule has 1 N–H and O–H groups in total. The largest absolute Gasteiger partial charge is 0.492 e. The summed E-state index contributed by atoms with van der Waals surface area (Å²) in [5, 5.41) is 2.75. The number of amides is 1. The number of hydrogen-bond acceptors (Lipinski definition) is 5. The number of benzene rings is 1. The predicted molar refractivity (Wildman–Crippen MR) is 94.2 cm³/mol. The molecule has 0 unspecified atom stereocenters. The number of hydrogen-bond donors (Lipinski definition) is 1. The first kappa shape index (κ1) is 17.5. The molecule has 1 amide bonds. The molecule has 7 heteroatoms. The van der Waals surface area contributed by atoms with Gasteiger partial charge in [0, 0.05) is 24.2 Å². The lowest BCUT2D eigenvalue weighted by molar-refractivity contribution is 0.0945. The van der Waals surface area contributed by atoms with Gasteiger partial charge in [0.1, 0.15) is 18.2 Å². The summed E-state index contributed by atoms with van der Waals surface area (Å²) in [5.41, 5.74) is 1.77. The fraction of sp³-hybridized carbons (Fsp3) is 0.158. The molecule has 3 rings (SSSR count). The zero-order valence-electron chi connectivity index (χ0n) is 14.1. The quantitative estimate of drug-likeness (QED) is 0.690. The third-order valence-corrected chi connectivity index (χ3v) is 3.61. The van der Waals surface area contributed by atoms with E-state index < -0.39 is 0 Å². The van der Waals surface area contributed by atoms with Crippen molar-refractivity contribution in [2.24, 2.45) is 0 Å². The second-order valence-electron chi connectivity index (χ2n) is 5.49. The maximum Gasteiger partial charge on any atom is 0.254 e. The van der Waals surface area contributed by atoms with Crippen LogP contribution in [-0.2, 0) is 0 Å². The molecule has 0 aliphatic rings. The summed E-state index contributed by atoms with van der Waals surface area (Å²) in [6, 6.07) is 9.36. The van der Waals surface area contributed by atoms with Crippen LogP contribution in [0.5, 0.6) is 5.75 Å².